The van der Waals surface area contributed by atoms with Gasteiger partial charge >= 0.3 is 17.9 Å². The van der Waals surface area contributed by atoms with E-state index >= 15 is 0 Å². The average molecular weight is 422 g/mol. The minimum absolute atomic E-state index is 0.213. The molecule has 0 spiro atoms. The van der Waals surface area contributed by atoms with Gasteiger partial charge in [-0.15, -0.1) is 0 Å². The van der Waals surface area contributed by atoms with Crippen molar-refractivity contribution in [1.82, 2.24) is 16.0 Å². The van der Waals surface area contributed by atoms with Crippen LogP contribution in [0, 0.1) is 0 Å². The second kappa shape index (κ2) is 12.5. The van der Waals surface area contributed by atoms with E-state index in [1.165, 1.54) is 0 Å². The Hall–Kier alpha value is -2.87. The number of nitrogens with two attached hydrogens (primary N) is 1. The number of carboxylic acids is 3. The fourth-order valence-electron chi connectivity index (χ4n) is 1.85. The highest BCUT2D eigenvalue weighted by molar-refractivity contribution is 7.80. The second-order valence-corrected chi connectivity index (χ2v) is 5.92. The Balaban J connectivity index is 5.09. The predicted molar refractivity (Wildman–Crippen MR) is 95.5 cm³/mol. The lowest BCUT2D eigenvalue weighted by atomic mass is 10.1. The zero-order valence-electron chi connectivity index (χ0n) is 14.6. The third kappa shape index (κ3) is 10.3. The van der Waals surface area contributed by atoms with E-state index in [2.05, 4.69) is 23.3 Å². The average Bonchev–Trinajstić information content (AvgIpc) is 2.59. The number of amides is 3. The summed E-state index contributed by atoms with van der Waals surface area (Å²) < 4.78 is 0. The molecule has 0 aromatic rings. The number of nitrogens with one attached hydrogen (secondary N) is 3. The summed E-state index contributed by atoms with van der Waals surface area (Å²) >= 11 is 3.88. The van der Waals surface area contributed by atoms with Gasteiger partial charge in [-0.3, -0.25) is 28.8 Å². The van der Waals surface area contributed by atoms with Gasteiger partial charge in [0.05, 0.1) is 12.5 Å². The van der Waals surface area contributed by atoms with Crippen LogP contribution >= 0.6 is 12.6 Å². The lowest BCUT2D eigenvalue weighted by Gasteiger charge is -2.22. The van der Waals surface area contributed by atoms with Crippen LogP contribution < -0.4 is 21.7 Å². The summed E-state index contributed by atoms with van der Waals surface area (Å²) in [5.74, 6) is -6.91. The number of carbonyl (C=O) groups excluding carboxylic acids is 3. The molecule has 8 N–H and O–H groups in total. The molecule has 0 saturated heterocycles. The van der Waals surface area contributed by atoms with E-state index in [0.29, 0.717) is 0 Å². The topological polar surface area (TPSA) is 225 Å². The molecule has 158 valence electrons. The maximum absolute atomic E-state index is 12.3. The standard InChI is InChI=1S/C14H22N4O9S/c15-6(3-10(21)22)12(25)17-7(1-2-9(19)20)14(27)18-8(5-28)13(26)16-4-11(23)24/h6-8,28H,1-5,15H2,(H,16,26)(H,17,25)(H,18,27)(H,19,20)(H,21,22)(H,23,24). The van der Waals surface area contributed by atoms with Crippen molar-refractivity contribution in [3.8, 4) is 0 Å². The molecule has 0 aliphatic carbocycles. The number of carbonyl (C=O) groups is 6. The normalized spacial score (nSPS) is 13.5. The molecule has 0 aromatic heterocycles. The van der Waals surface area contributed by atoms with Crippen LogP contribution in [0.25, 0.3) is 0 Å². The zero-order valence-corrected chi connectivity index (χ0v) is 15.5. The summed E-state index contributed by atoms with van der Waals surface area (Å²) in [5.41, 5.74) is 5.39. The Morgan fingerprint density at radius 2 is 1.39 bits per heavy atom. The van der Waals surface area contributed by atoms with Crippen molar-refractivity contribution >= 4 is 48.3 Å². The fraction of sp³-hybridized carbons (Fsp3) is 0.571. The van der Waals surface area contributed by atoms with E-state index < -0.39 is 73.1 Å². The molecule has 3 unspecified atom stereocenters. The Labute approximate surface area is 164 Å². The Morgan fingerprint density at radius 1 is 0.821 bits per heavy atom. The molecule has 0 aromatic carbocycles. The molecule has 3 atom stereocenters. The molecular formula is C14H22N4O9S. The molecule has 3 amide bonds. The largest absolute Gasteiger partial charge is 0.481 e. The van der Waals surface area contributed by atoms with Gasteiger partial charge in [-0.1, -0.05) is 0 Å². The first-order chi connectivity index (χ1) is 13.0. The Bertz CT molecular complexity index is 628. The molecular weight excluding hydrogens is 400 g/mol. The molecule has 14 heteroatoms. The van der Waals surface area contributed by atoms with Crippen LogP contribution in [0.1, 0.15) is 19.3 Å². The van der Waals surface area contributed by atoms with Crippen LogP contribution in [0.5, 0.6) is 0 Å². The minimum atomic E-state index is -1.47. The summed E-state index contributed by atoms with van der Waals surface area (Å²) in [6, 6.07) is -4.15. The highest BCUT2D eigenvalue weighted by Gasteiger charge is 2.28. The van der Waals surface area contributed by atoms with E-state index in [-0.39, 0.29) is 12.2 Å². The van der Waals surface area contributed by atoms with Gasteiger partial charge in [0.25, 0.3) is 0 Å². The first-order valence-electron chi connectivity index (χ1n) is 7.88. The monoisotopic (exact) mass is 422 g/mol. The van der Waals surface area contributed by atoms with Crippen LogP contribution in [-0.4, -0.2) is 81.4 Å². The lowest BCUT2D eigenvalue weighted by Crippen LogP contribution is -2.56. The molecule has 0 heterocycles. The SMILES string of the molecule is NC(CC(=O)O)C(=O)NC(CCC(=O)O)C(=O)NC(CS)C(=O)NCC(=O)O. The van der Waals surface area contributed by atoms with Gasteiger partial charge in [-0.25, -0.2) is 0 Å². The number of hydrogen-bond donors (Lipinski definition) is 8. The molecule has 0 saturated carbocycles. The van der Waals surface area contributed by atoms with Crippen molar-refractivity contribution < 1.29 is 44.1 Å². The summed E-state index contributed by atoms with van der Waals surface area (Å²) in [4.78, 5) is 67.9. The summed E-state index contributed by atoms with van der Waals surface area (Å²) in [7, 11) is 0. The molecule has 13 nitrogen and oxygen atoms in total. The van der Waals surface area contributed by atoms with E-state index in [4.69, 9.17) is 21.1 Å². The van der Waals surface area contributed by atoms with Crippen molar-refractivity contribution in [3.63, 3.8) is 0 Å². The smallest absolute Gasteiger partial charge is 0.322 e. The Morgan fingerprint density at radius 3 is 1.86 bits per heavy atom. The van der Waals surface area contributed by atoms with Gasteiger partial charge in [0.1, 0.15) is 18.6 Å². The molecule has 0 rings (SSSR count). The van der Waals surface area contributed by atoms with Crippen molar-refractivity contribution in [1.29, 1.82) is 0 Å². The van der Waals surface area contributed by atoms with Gasteiger partial charge in [-0.2, -0.15) is 12.6 Å². The third-order valence-electron chi connectivity index (χ3n) is 3.24. The van der Waals surface area contributed by atoms with Crippen molar-refractivity contribution in [2.24, 2.45) is 5.73 Å². The van der Waals surface area contributed by atoms with Gasteiger partial charge in [0, 0.05) is 12.2 Å². The first-order valence-corrected chi connectivity index (χ1v) is 8.51. The minimum Gasteiger partial charge on any atom is -0.481 e. The van der Waals surface area contributed by atoms with Gasteiger partial charge in [-0.05, 0) is 6.42 Å². The van der Waals surface area contributed by atoms with Crippen molar-refractivity contribution in [2.45, 2.75) is 37.4 Å². The Kier molecular flexibility index (Phi) is 11.2. The summed E-state index contributed by atoms with van der Waals surface area (Å²) in [6.07, 6.45) is -1.58. The second-order valence-electron chi connectivity index (χ2n) is 5.55. The summed E-state index contributed by atoms with van der Waals surface area (Å²) in [5, 5.41) is 32.3. The number of thiol groups is 1. The number of aliphatic carboxylic acids is 3. The van der Waals surface area contributed by atoms with Crippen LogP contribution in [0.4, 0.5) is 0 Å². The number of carboxylic acid groups (broad SMARTS) is 3. The molecule has 28 heavy (non-hydrogen) atoms. The van der Waals surface area contributed by atoms with E-state index in [1.807, 2.05) is 5.32 Å². The number of hydrogen-bond acceptors (Lipinski definition) is 8. The number of rotatable bonds is 13. The van der Waals surface area contributed by atoms with Crippen LogP contribution in [0.3, 0.4) is 0 Å². The van der Waals surface area contributed by atoms with Crippen molar-refractivity contribution in [2.75, 3.05) is 12.3 Å². The highest BCUT2D eigenvalue weighted by atomic mass is 32.1. The zero-order chi connectivity index (χ0) is 21.9. The predicted octanol–water partition coefficient (Wildman–Crippen LogP) is -3.25. The fourth-order valence-corrected chi connectivity index (χ4v) is 2.11. The molecule has 0 aliphatic rings. The maximum atomic E-state index is 12.3. The van der Waals surface area contributed by atoms with E-state index in [1.54, 1.807) is 0 Å². The van der Waals surface area contributed by atoms with Gasteiger partial charge in [0.2, 0.25) is 17.7 Å². The lowest BCUT2D eigenvalue weighted by molar-refractivity contribution is -0.140. The van der Waals surface area contributed by atoms with Crippen LogP contribution in [-0.2, 0) is 28.8 Å². The van der Waals surface area contributed by atoms with Crippen molar-refractivity contribution in [3.05, 3.63) is 0 Å². The maximum Gasteiger partial charge on any atom is 0.322 e. The molecule has 0 fully saturated rings. The third-order valence-corrected chi connectivity index (χ3v) is 3.61. The summed E-state index contributed by atoms with van der Waals surface area (Å²) in [6.45, 7) is -0.692. The first kappa shape index (κ1) is 25.1. The van der Waals surface area contributed by atoms with E-state index in [0.717, 1.165) is 0 Å². The van der Waals surface area contributed by atoms with Gasteiger partial charge in [0.15, 0.2) is 0 Å². The van der Waals surface area contributed by atoms with Crippen LogP contribution in [0.2, 0.25) is 0 Å². The molecule has 0 radical (unpaired) electrons. The molecule has 0 bridgehead atoms. The van der Waals surface area contributed by atoms with E-state index in [9.17, 15) is 28.8 Å². The van der Waals surface area contributed by atoms with Crippen LogP contribution in [0.15, 0.2) is 0 Å². The highest BCUT2D eigenvalue weighted by Crippen LogP contribution is 2.02. The molecule has 0 aliphatic heterocycles. The van der Waals surface area contributed by atoms with Gasteiger partial charge < -0.3 is 37.0 Å². The quantitative estimate of drug-likeness (QED) is 0.138.